The standard InChI is InChI=1S/C21H24FN3OS/c1-15-6-11-20(27-15)19-5-3-13-24(19)16(2)21(26)25(14-4-12-23)18-9-7-17(22)8-10-18/h6-11,16,19H,3-5,13-14H2,1-2H3. The van der Waals surface area contributed by atoms with Gasteiger partial charge < -0.3 is 4.90 Å². The molecule has 1 aliphatic heterocycles. The lowest BCUT2D eigenvalue weighted by atomic mass is 10.1. The highest BCUT2D eigenvalue weighted by molar-refractivity contribution is 7.12. The van der Waals surface area contributed by atoms with Crippen LogP contribution in [0, 0.1) is 24.1 Å². The predicted molar refractivity (Wildman–Crippen MR) is 106 cm³/mol. The van der Waals surface area contributed by atoms with Crippen molar-refractivity contribution in [1.82, 2.24) is 4.90 Å². The summed E-state index contributed by atoms with van der Waals surface area (Å²) < 4.78 is 13.3. The minimum Gasteiger partial charge on any atom is -0.310 e. The maximum Gasteiger partial charge on any atom is 0.244 e. The molecule has 27 heavy (non-hydrogen) atoms. The number of nitriles is 1. The number of hydrogen-bond acceptors (Lipinski definition) is 4. The lowest BCUT2D eigenvalue weighted by Crippen LogP contribution is -2.47. The van der Waals surface area contributed by atoms with Crippen LogP contribution in [0.25, 0.3) is 0 Å². The Bertz CT molecular complexity index is 827. The van der Waals surface area contributed by atoms with E-state index in [1.165, 1.54) is 21.9 Å². The molecule has 2 aromatic rings. The fraction of sp³-hybridized carbons (Fsp3) is 0.429. The summed E-state index contributed by atoms with van der Waals surface area (Å²) in [7, 11) is 0. The third-order valence-electron chi connectivity index (χ3n) is 5.09. The molecule has 0 radical (unpaired) electrons. The zero-order valence-corrected chi connectivity index (χ0v) is 16.5. The van der Waals surface area contributed by atoms with Gasteiger partial charge >= 0.3 is 0 Å². The van der Waals surface area contributed by atoms with Crippen molar-refractivity contribution in [3.8, 4) is 6.07 Å². The number of anilines is 1. The fourth-order valence-electron chi connectivity index (χ4n) is 3.71. The summed E-state index contributed by atoms with van der Waals surface area (Å²) in [6, 6.07) is 12.2. The van der Waals surface area contributed by atoms with Gasteiger partial charge in [0.1, 0.15) is 5.82 Å². The van der Waals surface area contributed by atoms with E-state index in [-0.39, 0.29) is 30.2 Å². The first-order valence-corrected chi connectivity index (χ1v) is 10.1. The Labute approximate surface area is 163 Å². The molecule has 1 saturated heterocycles. The Balaban J connectivity index is 1.81. The number of carbonyl (C=O) groups excluding carboxylic acids is 1. The van der Waals surface area contributed by atoms with E-state index in [1.54, 1.807) is 28.4 Å². The number of halogens is 1. The van der Waals surface area contributed by atoms with E-state index in [1.807, 2.05) is 6.92 Å². The number of carbonyl (C=O) groups is 1. The summed E-state index contributed by atoms with van der Waals surface area (Å²) >= 11 is 1.79. The number of amides is 1. The summed E-state index contributed by atoms with van der Waals surface area (Å²) in [6.07, 6.45) is 2.35. The molecular weight excluding hydrogens is 361 g/mol. The maximum absolute atomic E-state index is 13.3. The average molecular weight is 386 g/mol. The third kappa shape index (κ3) is 4.37. The third-order valence-corrected chi connectivity index (χ3v) is 6.19. The zero-order chi connectivity index (χ0) is 19.4. The molecule has 2 heterocycles. The number of aryl methyl sites for hydroxylation is 1. The van der Waals surface area contributed by atoms with E-state index in [4.69, 9.17) is 5.26 Å². The number of benzene rings is 1. The van der Waals surface area contributed by atoms with Crippen molar-refractivity contribution in [3.05, 3.63) is 52.0 Å². The van der Waals surface area contributed by atoms with Gasteiger partial charge in [-0.15, -0.1) is 11.3 Å². The quantitative estimate of drug-likeness (QED) is 0.726. The molecule has 0 N–H and O–H groups in total. The van der Waals surface area contributed by atoms with Gasteiger partial charge in [0.05, 0.1) is 18.5 Å². The van der Waals surface area contributed by atoms with Gasteiger partial charge in [0.2, 0.25) is 5.91 Å². The summed E-state index contributed by atoms with van der Waals surface area (Å²) in [4.78, 5) is 19.7. The van der Waals surface area contributed by atoms with E-state index in [0.717, 1.165) is 19.4 Å². The number of hydrogen-bond donors (Lipinski definition) is 0. The molecule has 142 valence electrons. The first-order valence-electron chi connectivity index (χ1n) is 9.27. The number of nitrogens with zero attached hydrogens (tertiary/aromatic N) is 3. The number of rotatable bonds is 6. The van der Waals surface area contributed by atoms with Crippen molar-refractivity contribution in [1.29, 1.82) is 5.26 Å². The van der Waals surface area contributed by atoms with Crippen molar-refractivity contribution in [3.63, 3.8) is 0 Å². The van der Waals surface area contributed by atoms with Crippen LogP contribution in [-0.2, 0) is 4.79 Å². The highest BCUT2D eigenvalue weighted by atomic mass is 32.1. The monoisotopic (exact) mass is 385 g/mol. The summed E-state index contributed by atoms with van der Waals surface area (Å²) in [5, 5.41) is 8.97. The summed E-state index contributed by atoms with van der Waals surface area (Å²) in [5.41, 5.74) is 0.631. The Morgan fingerprint density at radius 1 is 1.37 bits per heavy atom. The van der Waals surface area contributed by atoms with Gasteiger partial charge in [0.25, 0.3) is 0 Å². The highest BCUT2D eigenvalue weighted by Gasteiger charge is 2.35. The van der Waals surface area contributed by atoms with E-state index < -0.39 is 0 Å². The van der Waals surface area contributed by atoms with Crippen molar-refractivity contribution in [2.45, 2.75) is 45.2 Å². The molecule has 1 aromatic heterocycles. The first-order chi connectivity index (χ1) is 13.0. The molecule has 4 nitrogen and oxygen atoms in total. The molecule has 1 aromatic carbocycles. The summed E-state index contributed by atoms with van der Waals surface area (Å²) in [5.74, 6) is -0.385. The molecule has 1 aliphatic rings. The van der Waals surface area contributed by atoms with Gasteiger partial charge in [0.15, 0.2) is 0 Å². The molecule has 2 atom stereocenters. The van der Waals surface area contributed by atoms with Crippen LogP contribution in [0.5, 0.6) is 0 Å². The van der Waals surface area contributed by atoms with Gasteiger partial charge in [0, 0.05) is 28.0 Å². The largest absolute Gasteiger partial charge is 0.310 e. The van der Waals surface area contributed by atoms with Crippen molar-refractivity contribution >= 4 is 22.9 Å². The first kappa shape index (κ1) is 19.5. The van der Waals surface area contributed by atoms with E-state index in [2.05, 4.69) is 30.0 Å². The molecule has 2 unspecified atom stereocenters. The maximum atomic E-state index is 13.3. The lowest BCUT2D eigenvalue weighted by molar-refractivity contribution is -0.123. The molecule has 0 saturated carbocycles. The van der Waals surface area contributed by atoms with Crippen molar-refractivity contribution in [2.75, 3.05) is 18.0 Å². The molecule has 3 rings (SSSR count). The minimum atomic E-state index is -0.341. The van der Waals surface area contributed by atoms with Crippen LogP contribution < -0.4 is 4.90 Å². The topological polar surface area (TPSA) is 47.3 Å². The van der Waals surface area contributed by atoms with Gasteiger partial charge in [-0.1, -0.05) is 0 Å². The summed E-state index contributed by atoms with van der Waals surface area (Å²) in [6.45, 7) is 5.22. The fourth-order valence-corrected chi connectivity index (χ4v) is 4.74. The van der Waals surface area contributed by atoms with Gasteiger partial charge in [-0.25, -0.2) is 4.39 Å². The number of thiophene rings is 1. The van der Waals surface area contributed by atoms with Crippen LogP contribution in [0.4, 0.5) is 10.1 Å². The van der Waals surface area contributed by atoms with Crippen molar-refractivity contribution in [2.24, 2.45) is 0 Å². The van der Waals surface area contributed by atoms with Crippen LogP contribution >= 0.6 is 11.3 Å². The van der Waals surface area contributed by atoms with Crippen LogP contribution in [-0.4, -0.2) is 29.9 Å². The predicted octanol–water partition coefficient (Wildman–Crippen LogP) is 4.67. The van der Waals surface area contributed by atoms with Gasteiger partial charge in [-0.2, -0.15) is 5.26 Å². The SMILES string of the molecule is Cc1ccc(C2CCCN2C(C)C(=O)N(CCC#N)c2ccc(F)cc2)s1. The van der Waals surface area contributed by atoms with Crippen LogP contribution in [0.1, 0.15) is 42.0 Å². The second-order valence-corrected chi connectivity index (χ2v) is 8.21. The molecule has 6 heteroatoms. The molecule has 0 aliphatic carbocycles. The van der Waals surface area contributed by atoms with Gasteiger partial charge in [-0.05, 0) is 69.6 Å². The Kier molecular flexibility index (Phi) is 6.25. The van der Waals surface area contributed by atoms with Crippen LogP contribution in [0.3, 0.4) is 0 Å². The molecular formula is C21H24FN3OS. The average Bonchev–Trinajstić information content (AvgIpc) is 3.31. The van der Waals surface area contributed by atoms with E-state index in [0.29, 0.717) is 12.2 Å². The Morgan fingerprint density at radius 3 is 2.74 bits per heavy atom. The smallest absolute Gasteiger partial charge is 0.244 e. The molecule has 0 bridgehead atoms. The van der Waals surface area contributed by atoms with Crippen LogP contribution in [0.15, 0.2) is 36.4 Å². The minimum absolute atomic E-state index is 0.0444. The highest BCUT2D eigenvalue weighted by Crippen LogP contribution is 2.37. The van der Waals surface area contributed by atoms with E-state index >= 15 is 0 Å². The molecule has 1 fully saturated rings. The second-order valence-electron chi connectivity index (χ2n) is 6.89. The number of likely N-dealkylation sites (tertiary alicyclic amines) is 1. The Hall–Kier alpha value is -2.23. The molecule has 0 spiro atoms. The van der Waals surface area contributed by atoms with Crippen LogP contribution in [0.2, 0.25) is 0 Å². The van der Waals surface area contributed by atoms with E-state index in [9.17, 15) is 9.18 Å². The Morgan fingerprint density at radius 2 is 2.11 bits per heavy atom. The van der Waals surface area contributed by atoms with Gasteiger partial charge in [-0.3, -0.25) is 9.69 Å². The normalized spacial score (nSPS) is 18.2. The zero-order valence-electron chi connectivity index (χ0n) is 15.7. The van der Waals surface area contributed by atoms with Crippen molar-refractivity contribution < 1.29 is 9.18 Å². The second kappa shape index (κ2) is 8.64. The lowest BCUT2D eigenvalue weighted by Gasteiger charge is -2.33. The molecule has 1 amide bonds.